The molecule has 0 bridgehead atoms. The van der Waals surface area contributed by atoms with Crippen molar-refractivity contribution in [2.45, 2.75) is 111 Å². The maximum atomic E-state index is 13.6. The quantitative estimate of drug-likeness (QED) is 0.0853. The van der Waals surface area contributed by atoms with Gasteiger partial charge in [0, 0.05) is 31.1 Å². The number of halogens is 1. The monoisotopic (exact) mass is 773 g/mol. The molecule has 47 heavy (non-hydrogen) atoms. The van der Waals surface area contributed by atoms with Crippen LogP contribution < -0.4 is 37.6 Å². The van der Waals surface area contributed by atoms with E-state index >= 15 is 0 Å². The molecule has 0 aliphatic carbocycles. The first kappa shape index (κ1) is 41.9. The van der Waals surface area contributed by atoms with Crippen molar-refractivity contribution in [1.82, 2.24) is 31.9 Å². The molecule has 0 aromatic carbocycles. The summed E-state index contributed by atoms with van der Waals surface area (Å²) in [7, 11) is 0. The molecular weight excluding hydrogens is 717 g/mol. The van der Waals surface area contributed by atoms with E-state index in [9.17, 15) is 28.8 Å². The van der Waals surface area contributed by atoms with Crippen LogP contribution in [0.1, 0.15) is 81.1 Å². The highest BCUT2D eigenvalue weighted by molar-refractivity contribution is 14.2. The van der Waals surface area contributed by atoms with Crippen LogP contribution in [0.5, 0.6) is 0 Å². The Labute approximate surface area is 289 Å². The maximum absolute atomic E-state index is 13.6. The first-order chi connectivity index (χ1) is 22.1. The van der Waals surface area contributed by atoms with Gasteiger partial charge in [-0.05, 0) is 64.7 Å². The highest BCUT2D eigenvalue weighted by Gasteiger charge is 2.32. The zero-order valence-corrected chi connectivity index (χ0v) is 31.2. The number of rotatable bonds is 21. The molecule has 1 aliphatic rings. The van der Waals surface area contributed by atoms with Gasteiger partial charge in [0.1, 0.15) is 18.1 Å². The van der Waals surface area contributed by atoms with Crippen molar-refractivity contribution < 1.29 is 28.8 Å². The van der Waals surface area contributed by atoms with Gasteiger partial charge in [-0.15, -0.1) is 0 Å². The molecule has 6 amide bonds. The molecule has 13 nitrogen and oxygen atoms in total. The van der Waals surface area contributed by atoms with E-state index in [1.807, 2.05) is 56.6 Å². The second kappa shape index (κ2) is 21.7. The van der Waals surface area contributed by atoms with Gasteiger partial charge in [0.05, 0.1) is 6.04 Å². The third-order valence-electron chi connectivity index (χ3n) is 7.75. The van der Waals surface area contributed by atoms with Crippen LogP contribution in [-0.2, 0) is 28.8 Å². The van der Waals surface area contributed by atoms with Gasteiger partial charge in [0.2, 0.25) is 29.5 Å². The van der Waals surface area contributed by atoms with Crippen molar-refractivity contribution in [2.75, 3.05) is 13.1 Å². The van der Waals surface area contributed by atoms with E-state index in [0.717, 1.165) is 0 Å². The lowest BCUT2D eigenvalue weighted by Gasteiger charge is -2.29. The summed E-state index contributed by atoms with van der Waals surface area (Å²) in [6.45, 7) is 15.6. The molecule has 1 aliphatic heterocycles. The minimum atomic E-state index is -1.09. The second-order valence-corrected chi connectivity index (χ2v) is 14.8. The molecular formula is C33H56IN7O6. The summed E-state index contributed by atoms with van der Waals surface area (Å²) in [5, 5.41) is 17.2. The minimum Gasteiger partial charge on any atom is -0.370 e. The average Bonchev–Trinajstić information content (AvgIpc) is 3.02. The third-order valence-corrected chi connectivity index (χ3v) is 9.30. The summed E-state index contributed by atoms with van der Waals surface area (Å²) in [4.78, 5) is 77.1. The van der Waals surface area contributed by atoms with E-state index in [4.69, 9.17) is 5.73 Å². The Balaban J connectivity index is 3.05. The molecule has 14 heteroatoms. The van der Waals surface area contributed by atoms with Crippen molar-refractivity contribution in [1.29, 1.82) is 0 Å². The van der Waals surface area contributed by atoms with Gasteiger partial charge in [0.25, 0.3) is 5.91 Å². The van der Waals surface area contributed by atoms with Crippen LogP contribution in [0, 0.1) is 17.8 Å². The predicted octanol–water partition coefficient (Wildman–Crippen LogP) is 1.28. The van der Waals surface area contributed by atoms with Crippen molar-refractivity contribution in [2.24, 2.45) is 23.5 Å². The zero-order valence-electron chi connectivity index (χ0n) is 29.1. The first-order valence-electron chi connectivity index (χ1n) is 16.4. The van der Waals surface area contributed by atoms with E-state index in [-0.39, 0.29) is 75.6 Å². The summed E-state index contributed by atoms with van der Waals surface area (Å²) in [5.74, 6) is -2.83. The summed E-state index contributed by atoms with van der Waals surface area (Å²) >= 11 is -0.214. The van der Waals surface area contributed by atoms with Gasteiger partial charge in [-0.3, -0.25) is 28.8 Å². The Bertz CT molecular complexity index is 1190. The summed E-state index contributed by atoms with van der Waals surface area (Å²) in [5.41, 5.74) is 5.84. The average molecular weight is 774 g/mol. The number of carbonyl (C=O) groups excluding carboxylic acids is 6. The number of likely N-dealkylation sites (N-methyl/N-ethyl adjacent to an activating group) is 1. The Morgan fingerprint density at radius 3 is 2.04 bits per heavy atom. The lowest BCUT2D eigenvalue weighted by atomic mass is 9.97. The summed E-state index contributed by atoms with van der Waals surface area (Å²) in [6.07, 6.45) is 4.48. The van der Waals surface area contributed by atoms with E-state index in [1.165, 1.54) is 0 Å². The number of allylic oxidation sites excluding steroid dienone is 1. The lowest BCUT2D eigenvalue weighted by Crippen LogP contribution is -2.58. The predicted molar refractivity (Wildman–Crippen MR) is 193 cm³/mol. The summed E-state index contributed by atoms with van der Waals surface area (Å²) in [6, 6.07) is -3.79. The van der Waals surface area contributed by atoms with Gasteiger partial charge in [-0.25, -0.2) is 0 Å². The molecule has 0 radical (unpaired) electrons. The van der Waals surface area contributed by atoms with Crippen LogP contribution in [0.2, 0.25) is 0 Å². The number of carbonyl (C=O) groups is 6. The molecule has 0 spiro atoms. The first-order valence-corrected chi connectivity index (χ1v) is 18.9. The fourth-order valence-electron chi connectivity index (χ4n) is 4.77. The topological polar surface area (TPSA) is 201 Å². The highest BCUT2D eigenvalue weighted by Crippen LogP contribution is 2.14. The summed E-state index contributed by atoms with van der Waals surface area (Å²) < 4.78 is 3.92. The molecule has 6 atom stereocenters. The number of primary amides is 1. The van der Waals surface area contributed by atoms with Gasteiger partial charge in [-0.2, -0.15) is 0 Å². The van der Waals surface area contributed by atoms with E-state index in [2.05, 4.69) is 31.9 Å². The van der Waals surface area contributed by atoms with E-state index < -0.39 is 47.9 Å². The molecule has 8 N–H and O–H groups in total. The Kier molecular flexibility index (Phi) is 19.3. The SMILES string of the molecule is CCNC(=O)[C@@H](NC(=O)[C@H](C)NC[C@H](CC(C)C)NC(=O)[C@H](CCC(N)=O)NC(=O)[C@@H](NC(=O)C1=CC=IC=C1)[C@@H](C)CC)C(C)C. The third kappa shape index (κ3) is 15.5. The molecule has 1 rings (SSSR count). The zero-order chi connectivity index (χ0) is 35.7. The number of hydrogen-bond donors (Lipinski definition) is 7. The number of amides is 6. The highest BCUT2D eigenvalue weighted by atomic mass is 127. The number of nitrogens with two attached hydrogens (primary N) is 1. The van der Waals surface area contributed by atoms with Crippen LogP contribution in [0.4, 0.5) is 0 Å². The number of hydrogen-bond acceptors (Lipinski definition) is 7. The molecule has 0 unspecified atom stereocenters. The van der Waals surface area contributed by atoms with Crippen LogP contribution in [0.3, 0.4) is 0 Å². The molecule has 0 aromatic rings. The molecule has 0 saturated heterocycles. The fourth-order valence-corrected chi connectivity index (χ4v) is 6.20. The largest absolute Gasteiger partial charge is 0.370 e. The van der Waals surface area contributed by atoms with Crippen LogP contribution in [-0.4, -0.2) is 82.8 Å². The number of nitrogens with one attached hydrogen (secondary N) is 6. The smallest absolute Gasteiger partial charge is 0.251 e. The molecule has 0 fully saturated rings. The van der Waals surface area contributed by atoms with Crippen LogP contribution >= 0.6 is 20.7 Å². The fraction of sp³-hybridized carbons (Fsp3) is 0.667. The lowest BCUT2D eigenvalue weighted by molar-refractivity contribution is -0.133. The maximum Gasteiger partial charge on any atom is 0.251 e. The van der Waals surface area contributed by atoms with Crippen molar-refractivity contribution in [3.63, 3.8) is 0 Å². The van der Waals surface area contributed by atoms with E-state index in [1.54, 1.807) is 19.1 Å². The molecule has 1 heterocycles. The van der Waals surface area contributed by atoms with Crippen LogP contribution in [0.15, 0.2) is 21.8 Å². The van der Waals surface area contributed by atoms with Gasteiger partial charge >= 0.3 is 0 Å². The molecule has 0 aromatic heterocycles. The minimum absolute atomic E-state index is 0.0301. The molecule has 266 valence electrons. The Morgan fingerprint density at radius 1 is 0.830 bits per heavy atom. The standard InChI is InChI=1S/C33H56IN7O6/c1-9-21(7)28(41-30(44)23-13-15-34-16-14-23)33(47)39-25(11-12-26(35)42)31(45)38-24(17-19(3)4)18-37-22(8)29(43)40-27(20(5)6)32(46)36-10-2/h13-16,19-22,24-25,27-28,37H,9-12,17-18H2,1-8H3,(H2,35,42)(H,36,46)(H,38,45)(H,39,47)(H,40,43)(H,41,44)/t21-,22-,24-,25-,27-,28-/m0/s1. The van der Waals surface area contributed by atoms with Crippen molar-refractivity contribution >= 4 is 60.2 Å². The second-order valence-electron chi connectivity index (χ2n) is 12.7. The van der Waals surface area contributed by atoms with Crippen molar-refractivity contribution in [3.05, 3.63) is 21.8 Å². The van der Waals surface area contributed by atoms with Gasteiger partial charge in [-0.1, -0.05) is 68.7 Å². The normalized spacial score (nSPS) is 16.4. The van der Waals surface area contributed by atoms with Crippen LogP contribution in [0.25, 0.3) is 0 Å². The Morgan fingerprint density at radius 2 is 1.51 bits per heavy atom. The van der Waals surface area contributed by atoms with Crippen molar-refractivity contribution in [3.8, 4) is 0 Å². The Hall–Kier alpha value is -3.14. The van der Waals surface area contributed by atoms with Gasteiger partial charge in [0.15, 0.2) is 0 Å². The van der Waals surface area contributed by atoms with Gasteiger partial charge < -0.3 is 37.6 Å². The molecule has 0 saturated carbocycles. The van der Waals surface area contributed by atoms with E-state index in [0.29, 0.717) is 25.0 Å².